The molecule has 31 heavy (non-hydrogen) atoms. The number of fused-ring (bicyclic) bond motifs is 2. The molecule has 1 aliphatic rings. The van der Waals surface area contributed by atoms with E-state index in [1.54, 1.807) is 6.21 Å². The summed E-state index contributed by atoms with van der Waals surface area (Å²) in [5.41, 5.74) is 12.7. The number of benzene rings is 4. The van der Waals surface area contributed by atoms with Crippen molar-refractivity contribution in [2.75, 3.05) is 0 Å². The van der Waals surface area contributed by atoms with Gasteiger partial charge in [0.15, 0.2) is 0 Å². The Balaban J connectivity index is 1.92. The summed E-state index contributed by atoms with van der Waals surface area (Å²) in [4.78, 5) is 0. The van der Waals surface area contributed by atoms with E-state index in [1.807, 2.05) is 0 Å². The average Bonchev–Trinajstić information content (AvgIpc) is 3.11. The normalized spacial score (nSPS) is 15.1. The summed E-state index contributed by atoms with van der Waals surface area (Å²) in [6, 6.07) is 24.0. The van der Waals surface area contributed by atoms with Crippen molar-refractivity contribution in [1.82, 2.24) is 0 Å². The maximum atomic E-state index is 8.43. The summed E-state index contributed by atoms with van der Waals surface area (Å²) in [6.45, 7) is 8.84. The fourth-order valence-corrected chi connectivity index (χ4v) is 5.19. The van der Waals surface area contributed by atoms with Crippen LogP contribution in [-0.4, -0.2) is 6.21 Å². The Labute approximate surface area is 184 Å². The molecule has 5 rings (SSSR count). The highest BCUT2D eigenvalue weighted by Crippen LogP contribution is 2.47. The SMILES string of the molecule is CC1=Cc2ccccc2C1c1c(-c2ccc(C)c(C)c2C)cc2ccccc2c1C=N. The first kappa shape index (κ1) is 19.5. The molecule has 1 nitrogen and oxygen atoms in total. The second kappa shape index (κ2) is 7.35. The molecule has 0 heterocycles. The molecule has 1 atom stereocenters. The summed E-state index contributed by atoms with van der Waals surface area (Å²) in [5.74, 6) is 0.161. The third-order valence-electron chi connectivity index (χ3n) is 7.06. The van der Waals surface area contributed by atoms with Crippen LogP contribution in [0, 0.1) is 26.2 Å². The van der Waals surface area contributed by atoms with Crippen molar-refractivity contribution < 1.29 is 0 Å². The first-order valence-corrected chi connectivity index (χ1v) is 10.9. The number of hydrogen-bond donors (Lipinski definition) is 1. The van der Waals surface area contributed by atoms with Crippen molar-refractivity contribution >= 4 is 23.1 Å². The molecule has 0 aromatic heterocycles. The topological polar surface area (TPSA) is 23.9 Å². The molecule has 1 aliphatic carbocycles. The average molecular weight is 402 g/mol. The van der Waals surface area contributed by atoms with Crippen LogP contribution in [0.4, 0.5) is 0 Å². The van der Waals surface area contributed by atoms with E-state index in [-0.39, 0.29) is 5.92 Å². The first-order valence-electron chi connectivity index (χ1n) is 10.9. The van der Waals surface area contributed by atoms with Crippen LogP contribution in [0.3, 0.4) is 0 Å². The molecular weight excluding hydrogens is 374 g/mol. The summed E-state index contributed by atoms with van der Waals surface area (Å²) in [6.07, 6.45) is 3.87. The van der Waals surface area contributed by atoms with Gasteiger partial charge >= 0.3 is 0 Å². The number of allylic oxidation sites excluding steroid dienone is 1. The molecule has 0 spiro atoms. The number of rotatable bonds is 3. The number of hydrogen-bond acceptors (Lipinski definition) is 1. The zero-order valence-electron chi connectivity index (χ0n) is 18.6. The zero-order valence-corrected chi connectivity index (χ0v) is 18.6. The molecule has 0 saturated carbocycles. The lowest BCUT2D eigenvalue weighted by Gasteiger charge is -2.25. The second-order valence-electron chi connectivity index (χ2n) is 8.75. The van der Waals surface area contributed by atoms with Gasteiger partial charge in [-0.25, -0.2) is 0 Å². The summed E-state index contributed by atoms with van der Waals surface area (Å²) in [5, 5.41) is 10.8. The first-order chi connectivity index (χ1) is 15.0. The molecule has 0 fully saturated rings. The van der Waals surface area contributed by atoms with Crippen molar-refractivity contribution in [3.8, 4) is 11.1 Å². The summed E-state index contributed by atoms with van der Waals surface area (Å²) >= 11 is 0. The summed E-state index contributed by atoms with van der Waals surface area (Å²) in [7, 11) is 0. The molecule has 0 bridgehead atoms. The van der Waals surface area contributed by atoms with Crippen molar-refractivity contribution in [3.05, 3.63) is 111 Å². The van der Waals surface area contributed by atoms with Gasteiger partial charge in [-0.1, -0.05) is 72.3 Å². The van der Waals surface area contributed by atoms with E-state index in [9.17, 15) is 0 Å². The predicted octanol–water partition coefficient (Wildman–Crippen LogP) is 7.98. The van der Waals surface area contributed by atoms with Crippen LogP contribution in [0.15, 0.2) is 72.3 Å². The van der Waals surface area contributed by atoms with E-state index in [2.05, 4.69) is 101 Å². The van der Waals surface area contributed by atoms with E-state index in [0.717, 1.165) is 10.9 Å². The van der Waals surface area contributed by atoms with Crippen LogP contribution < -0.4 is 0 Å². The van der Waals surface area contributed by atoms with Gasteiger partial charge in [-0.2, -0.15) is 0 Å². The Hall–Kier alpha value is -3.45. The van der Waals surface area contributed by atoms with E-state index >= 15 is 0 Å². The zero-order chi connectivity index (χ0) is 21.7. The minimum atomic E-state index is 0.161. The van der Waals surface area contributed by atoms with Gasteiger partial charge in [0.05, 0.1) is 0 Å². The Morgan fingerprint density at radius 1 is 0.774 bits per heavy atom. The van der Waals surface area contributed by atoms with Gasteiger partial charge in [-0.15, -0.1) is 0 Å². The Kier molecular flexibility index (Phi) is 4.63. The molecule has 0 aliphatic heterocycles. The van der Waals surface area contributed by atoms with Gasteiger partial charge in [-0.05, 0) is 89.0 Å². The van der Waals surface area contributed by atoms with Gasteiger partial charge < -0.3 is 5.41 Å². The smallest absolute Gasteiger partial charge is 0.0318 e. The molecule has 4 aromatic rings. The maximum absolute atomic E-state index is 8.43. The lowest BCUT2D eigenvalue weighted by Crippen LogP contribution is -2.08. The molecular formula is C30H27N. The fourth-order valence-electron chi connectivity index (χ4n) is 5.19. The van der Waals surface area contributed by atoms with Crippen LogP contribution in [0.2, 0.25) is 0 Å². The van der Waals surface area contributed by atoms with Gasteiger partial charge in [0.1, 0.15) is 0 Å². The van der Waals surface area contributed by atoms with Crippen LogP contribution >= 0.6 is 0 Å². The second-order valence-corrected chi connectivity index (χ2v) is 8.75. The molecule has 1 heteroatoms. The Morgan fingerprint density at radius 2 is 1.52 bits per heavy atom. The Morgan fingerprint density at radius 3 is 2.32 bits per heavy atom. The van der Waals surface area contributed by atoms with Crippen LogP contribution in [-0.2, 0) is 0 Å². The third kappa shape index (κ3) is 2.96. The van der Waals surface area contributed by atoms with Crippen molar-refractivity contribution in [1.29, 1.82) is 5.41 Å². The predicted molar refractivity (Wildman–Crippen MR) is 133 cm³/mol. The molecule has 1 unspecified atom stereocenters. The highest BCUT2D eigenvalue weighted by atomic mass is 14.4. The quantitative estimate of drug-likeness (QED) is 0.336. The summed E-state index contributed by atoms with van der Waals surface area (Å²) < 4.78 is 0. The lowest BCUT2D eigenvalue weighted by molar-refractivity contribution is 0.978. The van der Waals surface area contributed by atoms with Crippen molar-refractivity contribution in [2.24, 2.45) is 0 Å². The molecule has 0 amide bonds. The van der Waals surface area contributed by atoms with E-state index in [4.69, 9.17) is 5.41 Å². The molecule has 1 N–H and O–H groups in total. The molecule has 4 aromatic carbocycles. The Bertz CT molecular complexity index is 1390. The highest BCUT2D eigenvalue weighted by Gasteiger charge is 2.29. The number of nitrogens with one attached hydrogen (secondary N) is 1. The minimum Gasteiger partial charge on any atom is -0.308 e. The monoisotopic (exact) mass is 401 g/mol. The third-order valence-corrected chi connectivity index (χ3v) is 7.06. The van der Waals surface area contributed by atoms with E-state index in [0.29, 0.717) is 0 Å². The van der Waals surface area contributed by atoms with Crippen molar-refractivity contribution in [2.45, 2.75) is 33.6 Å². The van der Waals surface area contributed by atoms with Crippen LogP contribution in [0.25, 0.3) is 28.0 Å². The van der Waals surface area contributed by atoms with Gasteiger partial charge in [0, 0.05) is 17.7 Å². The molecule has 0 radical (unpaired) electrons. The van der Waals surface area contributed by atoms with Gasteiger partial charge in [0.2, 0.25) is 0 Å². The van der Waals surface area contributed by atoms with Crippen LogP contribution in [0.1, 0.15) is 51.8 Å². The largest absolute Gasteiger partial charge is 0.308 e. The maximum Gasteiger partial charge on any atom is 0.0318 e. The van der Waals surface area contributed by atoms with E-state index < -0.39 is 0 Å². The van der Waals surface area contributed by atoms with Gasteiger partial charge in [-0.3, -0.25) is 0 Å². The standard InChI is InChI=1S/C30H27N/c1-18-13-14-24(21(4)20(18)3)27-16-23-10-5-7-11-25(23)28(17-31)30(27)29-19(2)15-22-9-6-8-12-26(22)29/h5-17,29,31H,1-4H3. The van der Waals surface area contributed by atoms with Crippen LogP contribution in [0.5, 0.6) is 0 Å². The fraction of sp³-hybridized carbons (Fsp3) is 0.167. The molecule has 152 valence electrons. The minimum absolute atomic E-state index is 0.161. The lowest BCUT2D eigenvalue weighted by atomic mass is 9.78. The molecule has 0 saturated heterocycles. The van der Waals surface area contributed by atoms with Crippen molar-refractivity contribution in [3.63, 3.8) is 0 Å². The highest BCUT2D eigenvalue weighted by molar-refractivity contribution is 6.05. The number of aryl methyl sites for hydroxylation is 1. The van der Waals surface area contributed by atoms with E-state index in [1.165, 1.54) is 55.5 Å². The van der Waals surface area contributed by atoms with Gasteiger partial charge in [0.25, 0.3) is 0 Å².